The summed E-state index contributed by atoms with van der Waals surface area (Å²) in [6.07, 6.45) is 10.2. The molecule has 30 heavy (non-hydrogen) atoms. The molecular weight excluding hydrogens is 364 g/mol. The summed E-state index contributed by atoms with van der Waals surface area (Å²) in [6.45, 7) is 4.43. The van der Waals surface area contributed by atoms with E-state index in [4.69, 9.17) is 11.2 Å². The van der Waals surface area contributed by atoms with Crippen LogP contribution in [-0.2, 0) is 10.3 Å². The first-order valence-corrected chi connectivity index (χ1v) is 11.1. The van der Waals surface area contributed by atoms with Gasteiger partial charge in [0.05, 0.1) is 0 Å². The number of terminal acetylenes is 1. The fraction of sp³-hybridized carbons (Fsp3) is 0.310. The van der Waals surface area contributed by atoms with Crippen LogP contribution in [0.1, 0.15) is 56.2 Å². The lowest BCUT2D eigenvalue weighted by molar-refractivity contribution is -0.0479. The van der Waals surface area contributed by atoms with Crippen molar-refractivity contribution in [3.05, 3.63) is 108 Å². The molecule has 3 aromatic rings. The summed E-state index contributed by atoms with van der Waals surface area (Å²) in [5.41, 5.74) is 2.51. The maximum Gasteiger partial charge on any atom is 0.145 e. The zero-order valence-electron chi connectivity index (χ0n) is 18.1. The maximum atomic E-state index is 7.06. The molecule has 0 aromatic heterocycles. The number of hydrogen-bond acceptors (Lipinski definition) is 1. The topological polar surface area (TPSA) is 9.23 Å². The van der Waals surface area contributed by atoms with Gasteiger partial charge in [-0.2, -0.15) is 0 Å². The monoisotopic (exact) mass is 396 g/mol. The summed E-state index contributed by atoms with van der Waals surface area (Å²) >= 11 is 0. The second kappa shape index (κ2) is 10.8. The van der Waals surface area contributed by atoms with Gasteiger partial charge in [0.1, 0.15) is 11.7 Å². The molecule has 0 aliphatic heterocycles. The normalized spacial score (nSPS) is 13.4. The largest absolute Gasteiger partial charge is 0.345 e. The number of ether oxygens (including phenoxy) is 1. The predicted molar refractivity (Wildman–Crippen MR) is 126 cm³/mol. The molecular formula is C29H32O. The smallest absolute Gasteiger partial charge is 0.145 e. The molecule has 0 bridgehead atoms. The summed E-state index contributed by atoms with van der Waals surface area (Å²) in [5.74, 6) is 3.33. The van der Waals surface area contributed by atoms with Crippen LogP contribution in [0.2, 0.25) is 0 Å². The molecule has 2 atom stereocenters. The van der Waals surface area contributed by atoms with Gasteiger partial charge in [0, 0.05) is 0 Å². The van der Waals surface area contributed by atoms with E-state index >= 15 is 0 Å². The van der Waals surface area contributed by atoms with E-state index < -0.39 is 5.60 Å². The molecule has 154 valence electrons. The first-order valence-electron chi connectivity index (χ1n) is 11.1. The quantitative estimate of drug-likeness (QED) is 0.260. The first kappa shape index (κ1) is 21.9. The third-order valence-electron chi connectivity index (χ3n) is 5.89. The minimum absolute atomic E-state index is 0.276. The Labute approximate surface area is 182 Å². The molecule has 1 heteroatoms. The van der Waals surface area contributed by atoms with Gasteiger partial charge in [0.25, 0.3) is 0 Å². The summed E-state index contributed by atoms with van der Waals surface area (Å²) in [5, 5.41) is 0. The van der Waals surface area contributed by atoms with E-state index in [2.05, 4.69) is 92.6 Å². The number of rotatable bonds is 10. The highest BCUT2D eigenvalue weighted by atomic mass is 16.5. The number of benzene rings is 3. The summed E-state index contributed by atoms with van der Waals surface area (Å²) in [7, 11) is 0. The van der Waals surface area contributed by atoms with Gasteiger partial charge in [-0.1, -0.05) is 124 Å². The van der Waals surface area contributed by atoms with Crippen LogP contribution >= 0.6 is 0 Å². The second-order valence-electron chi connectivity index (χ2n) is 7.79. The van der Waals surface area contributed by atoms with Crippen LogP contribution in [0.15, 0.2) is 91.0 Å². The molecule has 0 amide bonds. The highest BCUT2D eigenvalue weighted by Gasteiger charge is 2.40. The Hall–Kier alpha value is -2.82. The SMILES string of the molecule is C#CC(OC(c1ccccc1)(c1ccccc1)c1ccccc1)C(CC)CCCC. The Morgan fingerprint density at radius 3 is 1.53 bits per heavy atom. The van der Waals surface area contributed by atoms with Gasteiger partial charge in [-0.05, 0) is 35.4 Å². The maximum absolute atomic E-state index is 7.06. The van der Waals surface area contributed by atoms with Gasteiger partial charge in [-0.25, -0.2) is 0 Å². The van der Waals surface area contributed by atoms with Gasteiger partial charge in [0.15, 0.2) is 0 Å². The molecule has 3 aromatic carbocycles. The molecule has 0 spiro atoms. The third-order valence-corrected chi connectivity index (χ3v) is 5.89. The van der Waals surface area contributed by atoms with Crippen molar-refractivity contribution in [1.82, 2.24) is 0 Å². The zero-order valence-corrected chi connectivity index (χ0v) is 18.1. The van der Waals surface area contributed by atoms with Crippen molar-refractivity contribution in [1.29, 1.82) is 0 Å². The fourth-order valence-electron chi connectivity index (χ4n) is 4.22. The Balaban J connectivity index is 2.19. The summed E-state index contributed by atoms with van der Waals surface area (Å²) < 4.78 is 7.06. The molecule has 1 nitrogen and oxygen atoms in total. The lowest BCUT2D eigenvalue weighted by atomic mass is 9.79. The number of hydrogen-bond donors (Lipinski definition) is 0. The van der Waals surface area contributed by atoms with Gasteiger partial charge in [0.2, 0.25) is 0 Å². The van der Waals surface area contributed by atoms with Crippen LogP contribution in [-0.4, -0.2) is 6.10 Å². The predicted octanol–water partition coefficient (Wildman–Crippen LogP) is 7.21. The van der Waals surface area contributed by atoms with Gasteiger partial charge in [-0.15, -0.1) is 6.42 Å². The van der Waals surface area contributed by atoms with Crippen LogP contribution in [0.3, 0.4) is 0 Å². The molecule has 0 saturated carbocycles. The van der Waals surface area contributed by atoms with E-state index in [0.29, 0.717) is 5.92 Å². The van der Waals surface area contributed by atoms with Crippen molar-refractivity contribution in [2.24, 2.45) is 5.92 Å². The fourth-order valence-corrected chi connectivity index (χ4v) is 4.22. The molecule has 0 aliphatic rings. The molecule has 0 fully saturated rings. The van der Waals surface area contributed by atoms with Crippen LogP contribution in [0, 0.1) is 18.3 Å². The highest BCUT2D eigenvalue weighted by molar-refractivity contribution is 5.47. The van der Waals surface area contributed by atoms with Crippen molar-refractivity contribution in [2.75, 3.05) is 0 Å². The average molecular weight is 397 g/mol. The average Bonchev–Trinajstić information content (AvgIpc) is 2.83. The van der Waals surface area contributed by atoms with Crippen molar-refractivity contribution in [2.45, 2.75) is 51.2 Å². The standard InChI is InChI=1S/C29H32O/c1-4-7-17-24(5-2)28(6-3)30-29(25-18-11-8-12-19-25,26-20-13-9-14-21-26)27-22-15-10-16-23-27/h3,8-16,18-24,28H,4-5,7,17H2,1-2H3. The zero-order chi connectivity index (χ0) is 21.2. The van der Waals surface area contributed by atoms with Gasteiger partial charge < -0.3 is 4.74 Å². The Bertz CT molecular complexity index is 812. The van der Waals surface area contributed by atoms with Crippen molar-refractivity contribution >= 4 is 0 Å². The van der Waals surface area contributed by atoms with Crippen LogP contribution in [0.25, 0.3) is 0 Å². The van der Waals surface area contributed by atoms with Crippen LogP contribution in [0.5, 0.6) is 0 Å². The van der Waals surface area contributed by atoms with E-state index in [0.717, 1.165) is 42.4 Å². The van der Waals surface area contributed by atoms with Crippen molar-refractivity contribution < 1.29 is 4.74 Å². The number of unbranched alkanes of at least 4 members (excludes halogenated alkanes) is 1. The molecule has 3 rings (SSSR count). The van der Waals surface area contributed by atoms with Gasteiger partial charge in [-0.3, -0.25) is 0 Å². The van der Waals surface area contributed by atoms with Crippen molar-refractivity contribution in [3.8, 4) is 12.3 Å². The summed E-state index contributed by atoms with van der Waals surface area (Å²) in [4.78, 5) is 0. The minimum Gasteiger partial charge on any atom is -0.345 e. The van der Waals surface area contributed by atoms with Crippen LogP contribution in [0.4, 0.5) is 0 Å². The second-order valence-corrected chi connectivity index (χ2v) is 7.79. The van der Waals surface area contributed by atoms with E-state index in [9.17, 15) is 0 Å². The lowest BCUT2D eigenvalue weighted by Gasteiger charge is -2.39. The molecule has 0 heterocycles. The van der Waals surface area contributed by atoms with Crippen LogP contribution < -0.4 is 0 Å². The highest BCUT2D eigenvalue weighted by Crippen LogP contribution is 2.42. The first-order chi connectivity index (χ1) is 14.8. The van der Waals surface area contributed by atoms with E-state index in [-0.39, 0.29) is 6.10 Å². The Morgan fingerprint density at radius 1 is 0.767 bits per heavy atom. The molecule has 0 radical (unpaired) electrons. The molecule has 0 saturated heterocycles. The minimum atomic E-state index is -0.763. The Kier molecular flexibility index (Phi) is 7.89. The molecule has 0 aliphatic carbocycles. The van der Waals surface area contributed by atoms with E-state index in [1.54, 1.807) is 0 Å². The Morgan fingerprint density at radius 2 is 1.20 bits per heavy atom. The van der Waals surface area contributed by atoms with Crippen molar-refractivity contribution in [3.63, 3.8) is 0 Å². The lowest BCUT2D eigenvalue weighted by Crippen LogP contribution is -2.39. The molecule has 0 N–H and O–H groups in total. The third kappa shape index (κ3) is 4.66. The van der Waals surface area contributed by atoms with Gasteiger partial charge >= 0.3 is 0 Å². The molecule has 2 unspecified atom stereocenters. The summed E-state index contributed by atoms with van der Waals surface area (Å²) in [6, 6.07) is 31.4. The van der Waals surface area contributed by atoms with E-state index in [1.807, 2.05) is 18.2 Å². The van der Waals surface area contributed by atoms with E-state index in [1.165, 1.54) is 0 Å².